The molecule has 1 aromatic carbocycles. The number of nitro groups is 1. The predicted molar refractivity (Wildman–Crippen MR) is 82.9 cm³/mol. The van der Waals surface area contributed by atoms with Crippen LogP contribution in [0.25, 0.3) is 10.2 Å². The minimum atomic E-state index is -0.359. The summed E-state index contributed by atoms with van der Waals surface area (Å²) in [5.41, 5.74) is 1.50. The number of nitrogens with zero attached hydrogens (tertiary/aromatic N) is 2. The van der Waals surface area contributed by atoms with E-state index in [1.165, 1.54) is 11.3 Å². The molecule has 0 spiro atoms. The summed E-state index contributed by atoms with van der Waals surface area (Å²) in [6, 6.07) is 3.35. The fourth-order valence-corrected chi connectivity index (χ4v) is 3.42. The van der Waals surface area contributed by atoms with E-state index in [2.05, 4.69) is 10.3 Å². The van der Waals surface area contributed by atoms with E-state index in [-0.39, 0.29) is 22.6 Å². The molecule has 1 aliphatic rings. The lowest BCUT2D eigenvalue weighted by atomic mass is 10.0. The average Bonchev–Trinajstić information content (AvgIpc) is 3.09. The largest absolute Gasteiger partial charge is 0.396 e. The lowest BCUT2D eigenvalue weighted by molar-refractivity contribution is -0.383. The average molecular weight is 307 g/mol. The number of thiazole rings is 1. The topological polar surface area (TPSA) is 88.3 Å². The molecule has 21 heavy (non-hydrogen) atoms. The van der Waals surface area contributed by atoms with Crippen molar-refractivity contribution >= 4 is 32.9 Å². The van der Waals surface area contributed by atoms with Crippen molar-refractivity contribution < 1.29 is 10.0 Å². The van der Waals surface area contributed by atoms with Gasteiger partial charge in [-0.1, -0.05) is 0 Å². The number of nitrogens with one attached hydrogen (secondary N) is 1. The van der Waals surface area contributed by atoms with Crippen LogP contribution in [0.1, 0.15) is 24.3 Å². The Morgan fingerprint density at radius 2 is 2.29 bits per heavy atom. The van der Waals surface area contributed by atoms with Crippen LogP contribution in [-0.2, 0) is 0 Å². The van der Waals surface area contributed by atoms with E-state index in [1.54, 1.807) is 12.1 Å². The summed E-state index contributed by atoms with van der Waals surface area (Å²) >= 11 is 1.46. The summed E-state index contributed by atoms with van der Waals surface area (Å²) in [5.74, 6) is 0. The first-order valence-electron chi connectivity index (χ1n) is 6.93. The first-order valence-corrected chi connectivity index (χ1v) is 7.75. The van der Waals surface area contributed by atoms with Gasteiger partial charge in [-0.05, 0) is 37.7 Å². The number of hydrogen-bond acceptors (Lipinski definition) is 6. The van der Waals surface area contributed by atoms with E-state index in [0.29, 0.717) is 12.2 Å². The molecule has 2 N–H and O–H groups in total. The van der Waals surface area contributed by atoms with E-state index in [4.69, 9.17) is 5.11 Å². The second kappa shape index (κ2) is 5.23. The van der Waals surface area contributed by atoms with Gasteiger partial charge >= 0.3 is 0 Å². The maximum Gasteiger partial charge on any atom is 0.293 e. The number of aliphatic hydroxyl groups is 1. The molecule has 0 unspecified atom stereocenters. The number of anilines is 1. The number of hydrogen-bond donors (Lipinski definition) is 2. The summed E-state index contributed by atoms with van der Waals surface area (Å²) < 4.78 is 0.834. The second-order valence-electron chi connectivity index (χ2n) is 5.65. The standard InChI is InChI=1S/C14H17N3O3S/c1-9-16-11-6-10(12(17(19)20)7-13(11)21-9)15-8-14(2-3-14)4-5-18/h6-7,15,18H,2-5,8H2,1H3. The Labute approximate surface area is 126 Å². The molecule has 7 heteroatoms. The molecule has 0 saturated heterocycles. The van der Waals surface area contributed by atoms with Gasteiger partial charge in [0.2, 0.25) is 0 Å². The quantitative estimate of drug-likeness (QED) is 0.632. The lowest BCUT2D eigenvalue weighted by Crippen LogP contribution is -2.17. The lowest BCUT2D eigenvalue weighted by Gasteiger charge is -2.15. The number of benzene rings is 1. The minimum absolute atomic E-state index is 0.0888. The van der Waals surface area contributed by atoms with E-state index >= 15 is 0 Å². The fourth-order valence-electron chi connectivity index (χ4n) is 2.58. The van der Waals surface area contributed by atoms with E-state index < -0.39 is 0 Å². The Balaban J connectivity index is 1.88. The van der Waals surface area contributed by atoms with Gasteiger partial charge in [0.1, 0.15) is 5.69 Å². The van der Waals surface area contributed by atoms with E-state index in [0.717, 1.165) is 34.5 Å². The number of aromatic nitrogens is 1. The third kappa shape index (κ3) is 2.84. The number of fused-ring (bicyclic) bond motifs is 1. The zero-order valence-electron chi connectivity index (χ0n) is 11.8. The zero-order chi connectivity index (χ0) is 15.0. The van der Waals surface area contributed by atoms with E-state index in [1.807, 2.05) is 6.92 Å². The predicted octanol–water partition coefficient (Wildman–Crippen LogP) is 3.09. The molecule has 0 radical (unpaired) electrons. The molecule has 0 amide bonds. The van der Waals surface area contributed by atoms with Crippen LogP contribution >= 0.6 is 11.3 Å². The van der Waals surface area contributed by atoms with Crippen LogP contribution in [0.3, 0.4) is 0 Å². The van der Waals surface area contributed by atoms with Crippen LogP contribution < -0.4 is 5.32 Å². The van der Waals surface area contributed by atoms with Gasteiger partial charge in [-0.3, -0.25) is 10.1 Å². The monoisotopic (exact) mass is 307 g/mol. The molecule has 0 atom stereocenters. The van der Waals surface area contributed by atoms with Crippen LogP contribution in [0.15, 0.2) is 12.1 Å². The molecular weight excluding hydrogens is 290 g/mol. The SMILES string of the molecule is Cc1nc2cc(NCC3(CCO)CC3)c([N+](=O)[O-])cc2s1. The van der Waals surface area contributed by atoms with Gasteiger partial charge in [-0.25, -0.2) is 4.98 Å². The third-order valence-electron chi connectivity index (χ3n) is 4.06. The van der Waals surface area contributed by atoms with Crippen molar-refractivity contribution in [3.8, 4) is 0 Å². The maximum absolute atomic E-state index is 11.2. The molecule has 3 rings (SSSR count). The highest BCUT2D eigenvalue weighted by Crippen LogP contribution is 2.49. The molecule has 1 aromatic heterocycles. The second-order valence-corrected chi connectivity index (χ2v) is 6.89. The van der Waals surface area contributed by atoms with Gasteiger partial charge in [0.05, 0.1) is 20.1 Å². The summed E-state index contributed by atoms with van der Waals surface area (Å²) in [6.45, 7) is 2.71. The highest BCUT2D eigenvalue weighted by Gasteiger charge is 2.41. The van der Waals surface area contributed by atoms with Gasteiger partial charge in [-0.2, -0.15) is 0 Å². The molecule has 0 aliphatic heterocycles. The van der Waals surface area contributed by atoms with Gasteiger partial charge in [-0.15, -0.1) is 11.3 Å². The highest BCUT2D eigenvalue weighted by molar-refractivity contribution is 7.18. The van der Waals surface area contributed by atoms with Crippen molar-refractivity contribution in [3.05, 3.63) is 27.3 Å². The molecule has 1 saturated carbocycles. The zero-order valence-corrected chi connectivity index (χ0v) is 12.6. The van der Waals surface area contributed by atoms with E-state index in [9.17, 15) is 10.1 Å². The molecule has 1 fully saturated rings. The minimum Gasteiger partial charge on any atom is -0.396 e. The molecule has 1 heterocycles. The van der Waals surface area contributed by atoms with Crippen LogP contribution in [-0.4, -0.2) is 28.2 Å². The third-order valence-corrected chi connectivity index (χ3v) is 5.00. The van der Waals surface area contributed by atoms with Gasteiger partial charge in [0, 0.05) is 19.2 Å². The highest BCUT2D eigenvalue weighted by atomic mass is 32.1. The van der Waals surface area contributed by atoms with Crippen molar-refractivity contribution in [1.29, 1.82) is 0 Å². The number of nitro benzene ring substituents is 1. The number of aryl methyl sites for hydroxylation is 1. The Hall–Kier alpha value is -1.73. The first kappa shape index (κ1) is 14.2. The summed E-state index contributed by atoms with van der Waals surface area (Å²) in [6.07, 6.45) is 2.87. The molecule has 2 aromatic rings. The molecule has 1 aliphatic carbocycles. The molecular formula is C14H17N3O3S. The van der Waals surface area contributed by atoms with Gasteiger partial charge < -0.3 is 10.4 Å². The van der Waals surface area contributed by atoms with Crippen molar-refractivity contribution in [2.45, 2.75) is 26.2 Å². The Bertz CT molecular complexity index is 694. The van der Waals surface area contributed by atoms with Crippen molar-refractivity contribution in [2.75, 3.05) is 18.5 Å². The maximum atomic E-state index is 11.2. The van der Waals surface area contributed by atoms with Crippen LogP contribution in [0.4, 0.5) is 11.4 Å². The van der Waals surface area contributed by atoms with Crippen molar-refractivity contribution in [3.63, 3.8) is 0 Å². The fraction of sp³-hybridized carbons (Fsp3) is 0.500. The smallest absolute Gasteiger partial charge is 0.293 e. The van der Waals surface area contributed by atoms with Gasteiger partial charge in [0.25, 0.3) is 5.69 Å². The first-order chi connectivity index (χ1) is 10.0. The normalized spacial score (nSPS) is 16.1. The van der Waals surface area contributed by atoms with Crippen LogP contribution in [0.5, 0.6) is 0 Å². The molecule has 112 valence electrons. The van der Waals surface area contributed by atoms with Crippen LogP contribution in [0.2, 0.25) is 0 Å². The van der Waals surface area contributed by atoms with Crippen molar-refractivity contribution in [2.24, 2.45) is 5.41 Å². The Morgan fingerprint density at radius 3 is 2.90 bits per heavy atom. The Morgan fingerprint density at radius 1 is 1.52 bits per heavy atom. The van der Waals surface area contributed by atoms with Crippen molar-refractivity contribution in [1.82, 2.24) is 4.98 Å². The van der Waals surface area contributed by atoms with Gasteiger partial charge in [0.15, 0.2) is 0 Å². The summed E-state index contributed by atoms with van der Waals surface area (Å²) in [7, 11) is 0. The Kier molecular flexibility index (Phi) is 3.54. The molecule has 0 bridgehead atoms. The number of aliphatic hydroxyl groups excluding tert-OH is 1. The molecule has 6 nitrogen and oxygen atoms in total. The number of rotatable bonds is 6. The summed E-state index contributed by atoms with van der Waals surface area (Å²) in [4.78, 5) is 15.3. The van der Waals surface area contributed by atoms with Crippen LogP contribution in [0, 0.1) is 22.5 Å². The summed E-state index contributed by atoms with van der Waals surface area (Å²) in [5, 5.41) is 24.4.